The van der Waals surface area contributed by atoms with E-state index in [1.807, 2.05) is 6.92 Å². The number of carboxylic acids is 1. The number of hydrogen-bond acceptors (Lipinski definition) is 4. The minimum Gasteiger partial charge on any atom is -0.481 e. The van der Waals surface area contributed by atoms with Crippen LogP contribution in [0, 0.1) is 5.92 Å². The minimum atomic E-state index is -0.829. The fraction of sp³-hybridized carbons (Fsp3) is 0.583. The van der Waals surface area contributed by atoms with Gasteiger partial charge in [-0.2, -0.15) is 0 Å². The maximum absolute atomic E-state index is 12.1. The molecule has 19 heavy (non-hydrogen) atoms. The van der Waals surface area contributed by atoms with Crippen LogP contribution in [0.1, 0.15) is 25.5 Å². The average molecular weight is 283 g/mol. The number of amides is 2. The number of nitrogens with zero attached hydrogens (tertiary/aromatic N) is 2. The first kappa shape index (κ1) is 13.8. The number of carbonyl (C=O) groups excluding carboxylic acids is 1. The molecule has 1 fully saturated rings. The van der Waals surface area contributed by atoms with Crippen LogP contribution in [0.4, 0.5) is 9.80 Å². The Hall–Kier alpha value is -1.63. The van der Waals surface area contributed by atoms with Crippen molar-refractivity contribution in [3.8, 4) is 0 Å². The fourth-order valence-corrected chi connectivity index (χ4v) is 2.93. The number of rotatable bonds is 3. The standard InChI is InChI=1S/C12H17N3O3S/c1-2-9-10(19-7-13-9)14-12(18)15-5-3-4-8(6-15)11(16)17/h7-8H,2-6H2,1H3,(H,14,18)(H,16,17). The van der Waals surface area contributed by atoms with Crippen LogP contribution < -0.4 is 5.32 Å². The molecule has 1 aromatic rings. The lowest BCUT2D eigenvalue weighted by Gasteiger charge is -2.30. The lowest BCUT2D eigenvalue weighted by atomic mass is 9.99. The van der Waals surface area contributed by atoms with Crippen molar-refractivity contribution in [2.75, 3.05) is 18.4 Å². The summed E-state index contributed by atoms with van der Waals surface area (Å²) in [6.45, 7) is 2.86. The van der Waals surface area contributed by atoms with Crippen LogP contribution in [0.3, 0.4) is 0 Å². The normalized spacial score (nSPS) is 19.2. The zero-order valence-corrected chi connectivity index (χ0v) is 11.6. The molecule has 1 unspecified atom stereocenters. The molecule has 2 rings (SSSR count). The van der Waals surface area contributed by atoms with E-state index in [9.17, 15) is 9.59 Å². The van der Waals surface area contributed by atoms with Crippen LogP contribution in [-0.2, 0) is 11.2 Å². The molecule has 0 aliphatic carbocycles. The van der Waals surface area contributed by atoms with Crippen LogP contribution in [0.5, 0.6) is 0 Å². The van der Waals surface area contributed by atoms with Crippen LogP contribution in [-0.4, -0.2) is 40.1 Å². The van der Waals surface area contributed by atoms with Gasteiger partial charge in [0, 0.05) is 13.1 Å². The number of anilines is 1. The summed E-state index contributed by atoms with van der Waals surface area (Å²) in [6.07, 6.45) is 2.13. The Labute approximate surface area is 115 Å². The van der Waals surface area contributed by atoms with E-state index in [4.69, 9.17) is 5.11 Å². The Kier molecular flexibility index (Phi) is 4.36. The quantitative estimate of drug-likeness (QED) is 0.889. The van der Waals surface area contributed by atoms with Gasteiger partial charge in [0.1, 0.15) is 5.00 Å². The molecule has 7 heteroatoms. The highest BCUT2D eigenvalue weighted by Gasteiger charge is 2.28. The molecular formula is C12H17N3O3S. The first-order chi connectivity index (χ1) is 9.11. The summed E-state index contributed by atoms with van der Waals surface area (Å²) >= 11 is 1.39. The molecule has 0 spiro atoms. The monoisotopic (exact) mass is 283 g/mol. The molecule has 1 aromatic heterocycles. The highest BCUT2D eigenvalue weighted by atomic mass is 32.1. The van der Waals surface area contributed by atoms with Gasteiger partial charge in [-0.1, -0.05) is 6.92 Å². The minimum absolute atomic E-state index is 0.232. The topological polar surface area (TPSA) is 82.5 Å². The molecule has 1 aliphatic rings. The summed E-state index contributed by atoms with van der Waals surface area (Å²) in [5, 5.41) is 12.6. The van der Waals surface area contributed by atoms with Gasteiger partial charge in [0.2, 0.25) is 0 Å². The second-order valence-electron chi connectivity index (χ2n) is 4.54. The molecule has 1 saturated heterocycles. The van der Waals surface area contributed by atoms with E-state index in [-0.39, 0.29) is 12.6 Å². The van der Waals surface area contributed by atoms with Crippen molar-refractivity contribution in [2.45, 2.75) is 26.2 Å². The van der Waals surface area contributed by atoms with Crippen molar-refractivity contribution in [2.24, 2.45) is 5.92 Å². The Morgan fingerprint density at radius 3 is 3.11 bits per heavy atom. The molecule has 1 atom stereocenters. The van der Waals surface area contributed by atoms with Gasteiger partial charge in [0.15, 0.2) is 0 Å². The molecular weight excluding hydrogens is 266 g/mol. The lowest BCUT2D eigenvalue weighted by Crippen LogP contribution is -2.44. The van der Waals surface area contributed by atoms with Gasteiger partial charge in [0.25, 0.3) is 0 Å². The summed E-state index contributed by atoms with van der Waals surface area (Å²) < 4.78 is 0. The van der Waals surface area contributed by atoms with Crippen molar-refractivity contribution < 1.29 is 14.7 Å². The third-order valence-electron chi connectivity index (χ3n) is 3.25. The van der Waals surface area contributed by atoms with Gasteiger partial charge in [-0.25, -0.2) is 9.78 Å². The molecule has 0 radical (unpaired) electrons. The number of likely N-dealkylation sites (tertiary alicyclic amines) is 1. The third-order valence-corrected chi connectivity index (χ3v) is 4.04. The first-order valence-electron chi connectivity index (χ1n) is 6.33. The SMILES string of the molecule is CCc1ncsc1NC(=O)N1CCCC(C(=O)O)C1. The summed E-state index contributed by atoms with van der Waals surface area (Å²) in [7, 11) is 0. The molecule has 0 saturated carbocycles. The second kappa shape index (κ2) is 6.01. The molecule has 0 aromatic carbocycles. The summed E-state index contributed by atoms with van der Waals surface area (Å²) in [5.74, 6) is -1.28. The number of carboxylic acid groups (broad SMARTS) is 1. The van der Waals surface area contributed by atoms with Gasteiger partial charge < -0.3 is 10.0 Å². The Balaban J connectivity index is 1.98. The van der Waals surface area contributed by atoms with Gasteiger partial charge in [-0.3, -0.25) is 10.1 Å². The predicted octanol–water partition coefficient (Wildman–Crippen LogP) is 2.03. The van der Waals surface area contributed by atoms with Crippen LogP contribution in [0.15, 0.2) is 5.51 Å². The molecule has 104 valence electrons. The van der Waals surface area contributed by atoms with E-state index in [2.05, 4.69) is 10.3 Å². The predicted molar refractivity (Wildman–Crippen MR) is 72.4 cm³/mol. The van der Waals surface area contributed by atoms with Crippen LogP contribution >= 0.6 is 11.3 Å². The van der Waals surface area contributed by atoms with Crippen molar-refractivity contribution in [3.05, 3.63) is 11.2 Å². The van der Waals surface area contributed by atoms with E-state index in [0.29, 0.717) is 13.0 Å². The second-order valence-corrected chi connectivity index (χ2v) is 5.39. The lowest BCUT2D eigenvalue weighted by molar-refractivity contribution is -0.143. The maximum atomic E-state index is 12.1. The van der Waals surface area contributed by atoms with E-state index in [0.717, 1.165) is 23.5 Å². The summed E-state index contributed by atoms with van der Waals surface area (Å²) in [4.78, 5) is 28.8. The Morgan fingerprint density at radius 1 is 1.63 bits per heavy atom. The highest BCUT2D eigenvalue weighted by Crippen LogP contribution is 2.22. The summed E-state index contributed by atoms with van der Waals surface area (Å²) in [5.41, 5.74) is 2.56. The van der Waals surface area contributed by atoms with E-state index >= 15 is 0 Å². The van der Waals surface area contributed by atoms with Crippen LogP contribution in [0.2, 0.25) is 0 Å². The number of urea groups is 1. The first-order valence-corrected chi connectivity index (χ1v) is 7.21. The average Bonchev–Trinajstić information content (AvgIpc) is 2.86. The number of carbonyl (C=O) groups is 2. The van der Waals surface area contributed by atoms with Gasteiger partial charge in [0.05, 0.1) is 17.1 Å². The zero-order valence-electron chi connectivity index (χ0n) is 10.8. The maximum Gasteiger partial charge on any atom is 0.322 e. The number of aryl methyl sites for hydroxylation is 1. The summed E-state index contributed by atoms with van der Waals surface area (Å²) in [6, 6.07) is -0.232. The fourth-order valence-electron chi connectivity index (χ4n) is 2.16. The molecule has 2 heterocycles. The Bertz CT molecular complexity index is 475. The molecule has 2 amide bonds. The third kappa shape index (κ3) is 3.23. The van der Waals surface area contributed by atoms with Gasteiger partial charge >= 0.3 is 12.0 Å². The van der Waals surface area contributed by atoms with Gasteiger partial charge in [-0.05, 0) is 19.3 Å². The van der Waals surface area contributed by atoms with Crippen molar-refractivity contribution in [3.63, 3.8) is 0 Å². The number of nitrogens with one attached hydrogen (secondary N) is 1. The van der Waals surface area contributed by atoms with E-state index in [1.165, 1.54) is 11.3 Å². The number of aromatic nitrogens is 1. The van der Waals surface area contributed by atoms with E-state index in [1.54, 1.807) is 10.4 Å². The van der Waals surface area contributed by atoms with Crippen molar-refractivity contribution >= 4 is 28.3 Å². The number of piperidine rings is 1. The number of aliphatic carboxylic acids is 1. The van der Waals surface area contributed by atoms with Crippen molar-refractivity contribution in [1.29, 1.82) is 0 Å². The highest BCUT2D eigenvalue weighted by molar-refractivity contribution is 7.14. The van der Waals surface area contributed by atoms with Gasteiger partial charge in [-0.15, -0.1) is 11.3 Å². The van der Waals surface area contributed by atoms with Crippen LogP contribution in [0.25, 0.3) is 0 Å². The van der Waals surface area contributed by atoms with E-state index < -0.39 is 11.9 Å². The number of hydrogen-bond donors (Lipinski definition) is 2. The molecule has 1 aliphatic heterocycles. The largest absolute Gasteiger partial charge is 0.481 e. The smallest absolute Gasteiger partial charge is 0.322 e. The Morgan fingerprint density at radius 2 is 2.42 bits per heavy atom. The molecule has 2 N–H and O–H groups in total. The number of thiazole rings is 1. The molecule has 0 bridgehead atoms. The van der Waals surface area contributed by atoms with Crippen molar-refractivity contribution in [1.82, 2.24) is 9.88 Å². The molecule has 6 nitrogen and oxygen atoms in total. The zero-order chi connectivity index (χ0) is 13.8.